The molecule has 2 atom stereocenters. The molecule has 0 spiro atoms. The van der Waals surface area contributed by atoms with Gasteiger partial charge >= 0.3 is 5.69 Å². The first-order valence-electron chi connectivity index (χ1n) is 10.5. The second-order valence-electron chi connectivity index (χ2n) is 8.27. The van der Waals surface area contributed by atoms with Crippen molar-refractivity contribution in [1.82, 2.24) is 24.5 Å². The maximum atomic E-state index is 14.0. The number of benzene rings is 1. The van der Waals surface area contributed by atoms with Gasteiger partial charge in [0.1, 0.15) is 16.9 Å². The van der Waals surface area contributed by atoms with E-state index in [-0.39, 0.29) is 22.2 Å². The van der Waals surface area contributed by atoms with Gasteiger partial charge in [-0.05, 0) is 25.1 Å². The number of hydrogen-bond donors (Lipinski definition) is 2. The van der Waals surface area contributed by atoms with Gasteiger partial charge in [-0.1, -0.05) is 23.2 Å². The van der Waals surface area contributed by atoms with Crippen LogP contribution < -0.4 is 10.5 Å². The number of imidazole rings is 1. The summed E-state index contributed by atoms with van der Waals surface area (Å²) in [6.45, 7) is 2.69. The molecule has 0 bridgehead atoms. The zero-order chi connectivity index (χ0) is 24.0. The van der Waals surface area contributed by atoms with Gasteiger partial charge in [-0.15, -0.1) is 4.73 Å². The van der Waals surface area contributed by atoms with Crippen molar-refractivity contribution >= 4 is 34.4 Å². The molecule has 178 valence electrons. The predicted octanol–water partition coefficient (Wildman–Crippen LogP) is 3.38. The van der Waals surface area contributed by atoms with Crippen LogP contribution in [0, 0.1) is 5.82 Å². The Kier molecular flexibility index (Phi) is 5.85. The van der Waals surface area contributed by atoms with Crippen molar-refractivity contribution in [1.29, 1.82) is 0 Å². The summed E-state index contributed by atoms with van der Waals surface area (Å²) in [5, 5.41) is 14.9. The van der Waals surface area contributed by atoms with E-state index < -0.39 is 23.2 Å². The fraction of sp³-hybridized carbons (Fsp3) is 0.318. The highest BCUT2D eigenvalue weighted by Gasteiger charge is 2.33. The molecule has 34 heavy (non-hydrogen) atoms. The number of aromatic nitrogens is 5. The van der Waals surface area contributed by atoms with Crippen molar-refractivity contribution in [3.8, 4) is 11.1 Å². The molecule has 5 rings (SSSR count). The Morgan fingerprint density at radius 3 is 2.94 bits per heavy atom. The maximum absolute atomic E-state index is 14.0. The molecule has 0 amide bonds. The minimum atomic E-state index is -0.948. The topological polar surface area (TPSA) is 107 Å². The summed E-state index contributed by atoms with van der Waals surface area (Å²) < 4.78 is 21.9. The molecule has 0 radical (unpaired) electrons. The molecule has 2 N–H and O–H groups in total. The Balaban J connectivity index is 1.46. The van der Waals surface area contributed by atoms with E-state index in [1.165, 1.54) is 6.07 Å². The van der Waals surface area contributed by atoms with Crippen LogP contribution in [-0.4, -0.2) is 48.4 Å². The van der Waals surface area contributed by atoms with Crippen LogP contribution in [-0.2, 0) is 11.3 Å². The van der Waals surface area contributed by atoms with E-state index in [1.807, 2.05) is 0 Å². The van der Waals surface area contributed by atoms with Gasteiger partial charge in [-0.3, -0.25) is 9.67 Å². The molecule has 1 aliphatic rings. The highest BCUT2D eigenvalue weighted by molar-refractivity contribution is 6.36. The van der Waals surface area contributed by atoms with Gasteiger partial charge < -0.3 is 14.7 Å². The lowest BCUT2D eigenvalue weighted by atomic mass is 10.0. The quantitative estimate of drug-likeness (QED) is 0.387. The van der Waals surface area contributed by atoms with E-state index in [2.05, 4.69) is 15.1 Å². The van der Waals surface area contributed by atoms with Crippen LogP contribution in [0.15, 0.2) is 41.6 Å². The summed E-state index contributed by atoms with van der Waals surface area (Å²) >= 11 is 12.3. The number of nitrogens with zero attached hydrogens (tertiary/aromatic N) is 4. The Hall–Kier alpha value is -2.92. The fourth-order valence-corrected chi connectivity index (χ4v) is 4.65. The number of fused-ring (bicyclic) bond motifs is 1. The van der Waals surface area contributed by atoms with Crippen LogP contribution in [0.3, 0.4) is 0 Å². The molecule has 1 saturated heterocycles. The molecular formula is C22H20Cl2FN5O4. The molecule has 0 aliphatic carbocycles. The van der Waals surface area contributed by atoms with Gasteiger partial charge in [0.2, 0.25) is 0 Å². The molecule has 1 aliphatic heterocycles. The van der Waals surface area contributed by atoms with E-state index in [0.717, 1.165) is 16.4 Å². The number of ether oxygens (including phenoxy) is 1. The van der Waals surface area contributed by atoms with Gasteiger partial charge in [0.15, 0.2) is 11.8 Å². The number of halogens is 3. The van der Waals surface area contributed by atoms with Crippen molar-refractivity contribution in [2.75, 3.05) is 13.2 Å². The number of rotatable bonds is 6. The third-order valence-electron chi connectivity index (χ3n) is 5.75. The second-order valence-corrected chi connectivity index (χ2v) is 9.06. The predicted molar refractivity (Wildman–Crippen MR) is 123 cm³/mol. The summed E-state index contributed by atoms with van der Waals surface area (Å²) in [6.07, 6.45) is 4.73. The smallest absolute Gasteiger partial charge is 0.360 e. The van der Waals surface area contributed by atoms with E-state index in [9.17, 15) is 14.3 Å². The summed E-state index contributed by atoms with van der Waals surface area (Å²) in [5.74, 6) is -0.641. The third-order valence-corrected chi connectivity index (χ3v) is 6.46. The van der Waals surface area contributed by atoms with Gasteiger partial charge in [0.05, 0.1) is 24.4 Å². The SMILES string of the molecule is CC(On1c(=O)[nH]c2ncc(-c3cnn(CC4(O)CCOC4)c3)cc21)c1c(Cl)ccc(F)c1Cl. The summed E-state index contributed by atoms with van der Waals surface area (Å²) in [7, 11) is 0. The molecule has 2 unspecified atom stereocenters. The van der Waals surface area contributed by atoms with Crippen molar-refractivity contribution < 1.29 is 19.1 Å². The highest BCUT2D eigenvalue weighted by Crippen LogP contribution is 2.33. The number of aliphatic hydroxyl groups is 1. The molecule has 0 saturated carbocycles. The molecule has 9 nitrogen and oxygen atoms in total. The normalized spacial score (nSPS) is 19.1. The van der Waals surface area contributed by atoms with Crippen LogP contribution in [0.5, 0.6) is 0 Å². The number of nitrogens with one attached hydrogen (secondary N) is 1. The molecule has 1 aromatic carbocycles. The lowest BCUT2D eigenvalue weighted by Gasteiger charge is -2.19. The first-order chi connectivity index (χ1) is 16.2. The monoisotopic (exact) mass is 507 g/mol. The molecule has 4 heterocycles. The van der Waals surface area contributed by atoms with Crippen molar-refractivity contribution in [2.24, 2.45) is 0 Å². The second kappa shape index (κ2) is 8.70. The van der Waals surface area contributed by atoms with Gasteiger partial charge in [0, 0.05) is 47.1 Å². The van der Waals surface area contributed by atoms with Crippen LogP contribution >= 0.6 is 23.2 Å². The first-order valence-corrected chi connectivity index (χ1v) is 11.2. The molecule has 12 heteroatoms. The summed E-state index contributed by atoms with van der Waals surface area (Å²) in [5.41, 5.74) is 0.810. The Morgan fingerprint density at radius 2 is 2.18 bits per heavy atom. The number of H-pyrrole nitrogens is 1. The van der Waals surface area contributed by atoms with Crippen molar-refractivity contribution in [2.45, 2.75) is 31.6 Å². The standard InChI is InChI=1S/C22H20Cl2FN5O4/c1-12(18-15(23)2-3-16(25)19(18)24)34-30-17-6-13(7-26-20(17)28-21(30)31)14-8-27-29(9-14)10-22(32)4-5-33-11-22/h2-3,6-9,12,32H,4-5,10-11H2,1H3,(H,26,28,31). The lowest BCUT2D eigenvalue weighted by Crippen LogP contribution is -2.34. The van der Waals surface area contributed by atoms with Gasteiger partial charge in [-0.2, -0.15) is 5.10 Å². The zero-order valence-corrected chi connectivity index (χ0v) is 19.5. The minimum absolute atomic E-state index is 0.173. The van der Waals surface area contributed by atoms with Gasteiger partial charge in [0.25, 0.3) is 0 Å². The third kappa shape index (κ3) is 4.18. The van der Waals surface area contributed by atoms with Crippen molar-refractivity contribution in [3.05, 3.63) is 68.7 Å². The van der Waals surface area contributed by atoms with Crippen LogP contribution in [0.1, 0.15) is 25.0 Å². The van der Waals surface area contributed by atoms with E-state index in [0.29, 0.717) is 36.3 Å². The lowest BCUT2D eigenvalue weighted by molar-refractivity contribution is 0.00901. The van der Waals surface area contributed by atoms with Crippen molar-refractivity contribution in [3.63, 3.8) is 0 Å². The average molecular weight is 508 g/mol. The van der Waals surface area contributed by atoms with Crippen LogP contribution in [0.25, 0.3) is 22.3 Å². The number of pyridine rings is 1. The Morgan fingerprint density at radius 1 is 1.35 bits per heavy atom. The molecule has 4 aromatic rings. The van der Waals surface area contributed by atoms with E-state index in [4.69, 9.17) is 32.8 Å². The number of aromatic amines is 1. The summed E-state index contributed by atoms with van der Waals surface area (Å²) in [6, 6.07) is 4.26. The largest absolute Gasteiger partial charge is 0.401 e. The fourth-order valence-electron chi connectivity index (χ4n) is 3.98. The zero-order valence-electron chi connectivity index (χ0n) is 18.0. The van der Waals surface area contributed by atoms with Gasteiger partial charge in [-0.25, -0.2) is 14.2 Å². The maximum Gasteiger partial charge on any atom is 0.360 e. The Bertz CT molecular complexity index is 1430. The average Bonchev–Trinajstić information content (AvgIpc) is 3.51. The number of hydrogen-bond acceptors (Lipinski definition) is 6. The molecule has 1 fully saturated rings. The Labute approximate surface area is 202 Å². The van der Waals surface area contributed by atoms with E-state index >= 15 is 0 Å². The molecular weight excluding hydrogens is 488 g/mol. The minimum Gasteiger partial charge on any atom is -0.401 e. The highest BCUT2D eigenvalue weighted by atomic mass is 35.5. The van der Waals surface area contributed by atoms with Crippen LogP contribution in [0.4, 0.5) is 4.39 Å². The molecule has 3 aromatic heterocycles. The van der Waals surface area contributed by atoms with Crippen LogP contribution in [0.2, 0.25) is 10.0 Å². The van der Waals surface area contributed by atoms with E-state index in [1.54, 1.807) is 36.3 Å². The summed E-state index contributed by atoms with van der Waals surface area (Å²) in [4.78, 5) is 25.3. The first kappa shape index (κ1) is 22.9.